The molecule has 0 saturated heterocycles. The molecule has 1 aliphatic carbocycles. The van der Waals surface area contributed by atoms with Crippen LogP contribution >= 0.6 is 25.3 Å². The number of thiol groups is 2. The highest BCUT2D eigenvalue weighted by atomic mass is 32.1. The summed E-state index contributed by atoms with van der Waals surface area (Å²) < 4.78 is 0. The number of hydrogen-bond donors (Lipinski definition) is 3. The largest absolute Gasteiger partial charge is 0.393 e. The minimum atomic E-state index is -0.00593. The smallest absolute Gasteiger partial charge is 0.0540 e. The average Bonchev–Trinajstić information content (AvgIpc) is 2.19. The summed E-state index contributed by atoms with van der Waals surface area (Å²) in [5.41, 5.74) is 0.445. The van der Waals surface area contributed by atoms with Gasteiger partial charge >= 0.3 is 0 Å². The predicted octanol–water partition coefficient (Wildman–Crippen LogP) is 3.82. The molecule has 0 unspecified atom stereocenters. The molecule has 0 aliphatic heterocycles. The lowest BCUT2D eigenvalue weighted by atomic mass is 9.72. The molecule has 0 aromatic carbocycles. The van der Waals surface area contributed by atoms with Crippen LogP contribution in [0, 0.1) is 11.3 Å². The van der Waals surface area contributed by atoms with Crippen LogP contribution in [0.25, 0.3) is 0 Å². The van der Waals surface area contributed by atoms with Crippen molar-refractivity contribution in [3.8, 4) is 0 Å². The lowest BCUT2D eigenvalue weighted by molar-refractivity contribution is 0.0725. The van der Waals surface area contributed by atoms with Crippen molar-refractivity contribution in [1.29, 1.82) is 0 Å². The molecule has 0 radical (unpaired) electrons. The third-order valence-electron chi connectivity index (χ3n) is 3.24. The van der Waals surface area contributed by atoms with Crippen molar-refractivity contribution in [2.24, 2.45) is 11.3 Å². The summed E-state index contributed by atoms with van der Waals surface area (Å²) in [6.45, 7) is 6.90. The highest BCUT2D eigenvalue weighted by Crippen LogP contribution is 2.37. The van der Waals surface area contributed by atoms with Gasteiger partial charge in [-0.3, -0.25) is 0 Å². The first kappa shape index (κ1) is 16.7. The summed E-state index contributed by atoms with van der Waals surface area (Å²) in [5.74, 6) is 2.75. The number of aliphatic hydroxyl groups excluding tert-OH is 1. The number of rotatable bonds is 2. The second kappa shape index (κ2) is 8.71. The molecule has 3 heteroatoms. The van der Waals surface area contributed by atoms with Crippen molar-refractivity contribution >= 4 is 25.3 Å². The van der Waals surface area contributed by atoms with Crippen LogP contribution in [0.15, 0.2) is 0 Å². The van der Waals surface area contributed by atoms with Gasteiger partial charge in [0.1, 0.15) is 0 Å². The Morgan fingerprint density at radius 3 is 1.69 bits per heavy atom. The van der Waals surface area contributed by atoms with E-state index in [0.29, 0.717) is 5.41 Å². The molecule has 0 bridgehead atoms. The number of aliphatic hydroxyl groups is 1. The van der Waals surface area contributed by atoms with Gasteiger partial charge in [0.15, 0.2) is 0 Å². The summed E-state index contributed by atoms with van der Waals surface area (Å²) in [7, 11) is 0. The van der Waals surface area contributed by atoms with Gasteiger partial charge < -0.3 is 5.11 Å². The predicted molar refractivity (Wildman–Crippen MR) is 79.7 cm³/mol. The molecule has 98 valence electrons. The molecular weight excluding hydrogens is 236 g/mol. The van der Waals surface area contributed by atoms with Crippen LogP contribution < -0.4 is 0 Å². The average molecular weight is 264 g/mol. The molecule has 0 atom stereocenters. The van der Waals surface area contributed by atoms with E-state index in [9.17, 15) is 5.11 Å². The third-order valence-corrected chi connectivity index (χ3v) is 3.87. The summed E-state index contributed by atoms with van der Waals surface area (Å²) in [6.07, 6.45) is 5.57. The van der Waals surface area contributed by atoms with Gasteiger partial charge in [-0.15, -0.1) is 0 Å². The van der Waals surface area contributed by atoms with Crippen LogP contribution in [0.2, 0.25) is 0 Å². The Kier molecular flexibility index (Phi) is 9.07. The molecule has 1 aliphatic rings. The maximum atomic E-state index is 9.29. The lowest BCUT2D eigenvalue weighted by Crippen LogP contribution is -2.27. The van der Waals surface area contributed by atoms with Gasteiger partial charge in [0, 0.05) is 0 Å². The van der Waals surface area contributed by atoms with Crippen LogP contribution in [0.1, 0.15) is 52.9 Å². The minimum absolute atomic E-state index is 0.00593. The Bertz CT molecular complexity index is 156. The standard InChI is InChI=1S/C10H20O.C3H8S2/c1-10(2,3)8-4-6-9(11)7-5-8;4-2-1-3-5/h8-9,11H,4-7H2,1-3H3;4-5H,1-3H2. The van der Waals surface area contributed by atoms with Gasteiger partial charge in [0.25, 0.3) is 0 Å². The molecule has 0 spiro atoms. The van der Waals surface area contributed by atoms with E-state index in [2.05, 4.69) is 46.0 Å². The highest BCUT2D eigenvalue weighted by molar-refractivity contribution is 7.81. The Hall–Kier alpha value is 0.660. The molecule has 0 aromatic heterocycles. The van der Waals surface area contributed by atoms with E-state index in [1.807, 2.05) is 0 Å². The van der Waals surface area contributed by atoms with Gasteiger partial charge in [0.2, 0.25) is 0 Å². The fourth-order valence-corrected chi connectivity index (χ4v) is 2.58. The zero-order valence-corrected chi connectivity index (χ0v) is 12.7. The van der Waals surface area contributed by atoms with E-state index in [1.54, 1.807) is 0 Å². The van der Waals surface area contributed by atoms with E-state index < -0.39 is 0 Å². The Morgan fingerprint density at radius 1 is 1.00 bits per heavy atom. The van der Waals surface area contributed by atoms with Gasteiger partial charge in [-0.1, -0.05) is 20.8 Å². The lowest BCUT2D eigenvalue weighted by Gasteiger charge is -2.35. The van der Waals surface area contributed by atoms with Gasteiger partial charge in [-0.25, -0.2) is 0 Å². The van der Waals surface area contributed by atoms with E-state index >= 15 is 0 Å². The van der Waals surface area contributed by atoms with Crippen molar-refractivity contribution in [2.75, 3.05) is 11.5 Å². The maximum Gasteiger partial charge on any atom is 0.0540 e. The zero-order chi connectivity index (χ0) is 12.6. The van der Waals surface area contributed by atoms with Crippen molar-refractivity contribution < 1.29 is 5.11 Å². The van der Waals surface area contributed by atoms with Gasteiger partial charge in [-0.05, 0) is 54.9 Å². The summed E-state index contributed by atoms with van der Waals surface area (Å²) in [6, 6.07) is 0. The molecule has 0 aromatic rings. The fourth-order valence-electron chi connectivity index (χ4n) is 2.01. The molecule has 0 amide bonds. The van der Waals surface area contributed by atoms with Gasteiger partial charge in [0.05, 0.1) is 6.10 Å². The maximum absolute atomic E-state index is 9.29. The third kappa shape index (κ3) is 7.86. The second-order valence-electron chi connectivity index (χ2n) is 5.67. The fraction of sp³-hybridized carbons (Fsp3) is 1.00. The van der Waals surface area contributed by atoms with Crippen LogP contribution in [0.4, 0.5) is 0 Å². The van der Waals surface area contributed by atoms with Crippen LogP contribution in [-0.2, 0) is 0 Å². The van der Waals surface area contributed by atoms with Gasteiger partial charge in [-0.2, -0.15) is 25.3 Å². The van der Waals surface area contributed by atoms with E-state index in [4.69, 9.17) is 0 Å². The second-order valence-corrected chi connectivity index (χ2v) is 6.57. The highest BCUT2D eigenvalue weighted by Gasteiger charge is 2.28. The monoisotopic (exact) mass is 264 g/mol. The summed E-state index contributed by atoms with van der Waals surface area (Å²) >= 11 is 7.90. The minimum Gasteiger partial charge on any atom is -0.393 e. The molecule has 1 saturated carbocycles. The molecule has 1 N–H and O–H groups in total. The Balaban J connectivity index is 0.000000385. The Labute approximate surface area is 112 Å². The molecule has 0 heterocycles. The Morgan fingerprint density at radius 2 is 1.44 bits per heavy atom. The molecule has 16 heavy (non-hydrogen) atoms. The summed E-state index contributed by atoms with van der Waals surface area (Å²) in [4.78, 5) is 0. The van der Waals surface area contributed by atoms with Crippen molar-refractivity contribution in [3.63, 3.8) is 0 Å². The molecular formula is C13H28OS2. The van der Waals surface area contributed by atoms with Crippen molar-refractivity contribution in [2.45, 2.75) is 59.0 Å². The normalized spacial score (nSPS) is 25.9. The first-order valence-electron chi connectivity index (χ1n) is 6.31. The topological polar surface area (TPSA) is 20.2 Å². The van der Waals surface area contributed by atoms with Crippen LogP contribution in [-0.4, -0.2) is 22.7 Å². The first-order valence-corrected chi connectivity index (χ1v) is 7.58. The zero-order valence-electron chi connectivity index (χ0n) is 10.9. The van der Waals surface area contributed by atoms with Crippen molar-refractivity contribution in [3.05, 3.63) is 0 Å². The first-order chi connectivity index (χ1) is 7.41. The van der Waals surface area contributed by atoms with Crippen molar-refractivity contribution in [1.82, 2.24) is 0 Å². The quantitative estimate of drug-likeness (QED) is 0.648. The SMILES string of the molecule is CC(C)(C)C1CCC(O)CC1.SCCCS. The van der Waals surface area contributed by atoms with Crippen LogP contribution in [0.5, 0.6) is 0 Å². The molecule has 1 rings (SSSR count). The van der Waals surface area contributed by atoms with Crippen LogP contribution in [0.3, 0.4) is 0 Å². The molecule has 1 fully saturated rings. The number of hydrogen-bond acceptors (Lipinski definition) is 3. The molecule has 1 nitrogen and oxygen atoms in total. The summed E-state index contributed by atoms with van der Waals surface area (Å²) in [5, 5.41) is 9.29. The van der Waals surface area contributed by atoms with E-state index in [0.717, 1.165) is 36.7 Å². The van der Waals surface area contributed by atoms with E-state index in [1.165, 1.54) is 12.8 Å². The van der Waals surface area contributed by atoms with E-state index in [-0.39, 0.29) is 6.10 Å².